The molecule has 1 N–H and O–H groups in total. The van der Waals surface area contributed by atoms with E-state index < -0.39 is 18.0 Å². The van der Waals surface area contributed by atoms with Crippen molar-refractivity contribution in [1.82, 2.24) is 5.32 Å². The number of carbonyl (C=O) groups is 3. The van der Waals surface area contributed by atoms with Crippen LogP contribution in [-0.2, 0) is 23.9 Å². The van der Waals surface area contributed by atoms with E-state index in [4.69, 9.17) is 9.47 Å². The zero-order chi connectivity index (χ0) is 32.7. The Bertz CT molecular complexity index is 692. The Morgan fingerprint density at radius 1 is 0.523 bits per heavy atom. The monoisotopic (exact) mass is 626 g/mol. The topological polar surface area (TPSA) is 81.7 Å². The van der Waals surface area contributed by atoms with E-state index >= 15 is 0 Å². The zero-order valence-corrected chi connectivity index (χ0v) is 29.9. The first-order valence-electron chi connectivity index (χ1n) is 18.6. The number of likely N-dealkylation sites (N-methyl/N-ethyl adjacent to an activating group) is 1. The molecule has 44 heavy (non-hydrogen) atoms. The van der Waals surface area contributed by atoms with Crippen LogP contribution in [0.4, 0.5) is 0 Å². The van der Waals surface area contributed by atoms with E-state index in [1.807, 2.05) is 21.1 Å². The van der Waals surface area contributed by atoms with E-state index in [9.17, 15) is 14.4 Å². The van der Waals surface area contributed by atoms with Crippen LogP contribution in [0.25, 0.3) is 0 Å². The van der Waals surface area contributed by atoms with E-state index in [0.717, 1.165) is 38.5 Å². The van der Waals surface area contributed by atoms with E-state index in [0.29, 0.717) is 17.7 Å². The summed E-state index contributed by atoms with van der Waals surface area (Å²) in [6.07, 6.45) is 29.6. The van der Waals surface area contributed by atoms with E-state index in [-0.39, 0.29) is 18.9 Å². The standard InChI is InChI=1S/C37H72N2O5/c1-6-8-10-12-14-16-18-20-22-24-26-28-30-43-36(41)32-34(38-35(40)33-39(3,4)5)37(42)44-31-29-27-25-23-21-19-17-15-13-11-9-7-2/h34H,6-33H2,1-5H3/p+1. The predicted octanol–water partition coefficient (Wildman–Crippen LogP) is 9.06. The lowest BCUT2D eigenvalue weighted by Gasteiger charge is -2.24. The number of quaternary nitrogens is 1. The molecule has 1 atom stereocenters. The second-order valence-corrected chi connectivity index (χ2v) is 13.9. The van der Waals surface area contributed by atoms with E-state index in [1.54, 1.807) is 0 Å². The molecule has 0 fully saturated rings. The number of ether oxygens (including phenoxy) is 2. The van der Waals surface area contributed by atoms with Gasteiger partial charge >= 0.3 is 11.9 Å². The van der Waals surface area contributed by atoms with Gasteiger partial charge in [-0.1, -0.05) is 155 Å². The maximum Gasteiger partial charge on any atom is 0.329 e. The van der Waals surface area contributed by atoms with Crippen molar-refractivity contribution in [1.29, 1.82) is 0 Å². The lowest BCUT2D eigenvalue weighted by atomic mass is 10.1. The third kappa shape index (κ3) is 30.4. The van der Waals surface area contributed by atoms with Gasteiger partial charge in [-0.3, -0.25) is 9.59 Å². The van der Waals surface area contributed by atoms with Gasteiger partial charge in [-0.2, -0.15) is 0 Å². The highest BCUT2D eigenvalue weighted by molar-refractivity contribution is 5.88. The Kier molecular flexibility index (Phi) is 28.9. The number of esters is 2. The summed E-state index contributed by atoms with van der Waals surface area (Å²) in [7, 11) is 5.72. The Morgan fingerprint density at radius 2 is 0.864 bits per heavy atom. The van der Waals surface area contributed by atoms with Gasteiger partial charge in [-0.25, -0.2) is 4.79 Å². The molecule has 1 unspecified atom stereocenters. The van der Waals surface area contributed by atoms with Gasteiger partial charge in [0.05, 0.1) is 40.8 Å². The van der Waals surface area contributed by atoms with Gasteiger partial charge in [-0.05, 0) is 12.8 Å². The van der Waals surface area contributed by atoms with Crippen molar-refractivity contribution in [3.05, 3.63) is 0 Å². The van der Waals surface area contributed by atoms with Gasteiger partial charge in [0.1, 0.15) is 6.04 Å². The van der Waals surface area contributed by atoms with Crippen molar-refractivity contribution in [2.75, 3.05) is 40.9 Å². The molecule has 0 aliphatic heterocycles. The Morgan fingerprint density at radius 3 is 1.23 bits per heavy atom. The average molecular weight is 626 g/mol. The van der Waals surface area contributed by atoms with Crippen LogP contribution in [0.15, 0.2) is 0 Å². The smallest absolute Gasteiger partial charge is 0.329 e. The fraction of sp³-hybridized carbons (Fsp3) is 0.919. The molecule has 260 valence electrons. The summed E-state index contributed by atoms with van der Waals surface area (Å²) in [5, 5.41) is 2.72. The molecule has 1 amide bonds. The van der Waals surface area contributed by atoms with Gasteiger partial charge < -0.3 is 19.3 Å². The first-order valence-corrected chi connectivity index (χ1v) is 18.6. The van der Waals surface area contributed by atoms with E-state index in [1.165, 1.54) is 116 Å². The molecule has 0 saturated carbocycles. The molecular formula is C37H73N2O5+. The van der Waals surface area contributed by atoms with Crippen LogP contribution in [0.1, 0.15) is 174 Å². The molecule has 0 aromatic rings. The second-order valence-electron chi connectivity index (χ2n) is 13.9. The number of amides is 1. The summed E-state index contributed by atoms with van der Waals surface area (Å²) in [4.78, 5) is 37.9. The minimum Gasteiger partial charge on any atom is -0.466 e. The minimum absolute atomic E-state index is 0.196. The molecule has 0 aromatic carbocycles. The molecule has 0 spiro atoms. The quantitative estimate of drug-likeness (QED) is 0.0458. The highest BCUT2D eigenvalue weighted by Gasteiger charge is 2.28. The fourth-order valence-electron chi connectivity index (χ4n) is 5.44. The normalized spacial score (nSPS) is 12.2. The lowest BCUT2D eigenvalue weighted by molar-refractivity contribution is -0.862. The van der Waals surface area contributed by atoms with Crippen molar-refractivity contribution in [3.63, 3.8) is 0 Å². The molecule has 0 heterocycles. The zero-order valence-electron chi connectivity index (χ0n) is 29.9. The van der Waals surface area contributed by atoms with Crippen LogP contribution in [-0.4, -0.2) is 69.3 Å². The average Bonchev–Trinajstić information content (AvgIpc) is 2.96. The van der Waals surface area contributed by atoms with Crippen LogP contribution in [0.3, 0.4) is 0 Å². The second kappa shape index (κ2) is 30.0. The van der Waals surface area contributed by atoms with Crippen LogP contribution in [0, 0.1) is 0 Å². The molecule has 0 rings (SSSR count). The van der Waals surface area contributed by atoms with Crippen LogP contribution < -0.4 is 5.32 Å². The highest BCUT2D eigenvalue weighted by atomic mass is 16.5. The van der Waals surface area contributed by atoms with Crippen molar-refractivity contribution >= 4 is 17.8 Å². The van der Waals surface area contributed by atoms with Gasteiger partial charge in [0, 0.05) is 0 Å². The van der Waals surface area contributed by atoms with Gasteiger partial charge in [0.15, 0.2) is 6.54 Å². The third-order valence-corrected chi connectivity index (χ3v) is 8.11. The van der Waals surface area contributed by atoms with Gasteiger partial charge in [0.2, 0.25) is 0 Å². The Labute approximate surface area is 272 Å². The number of nitrogens with zero attached hydrogens (tertiary/aromatic N) is 1. The molecule has 0 saturated heterocycles. The van der Waals surface area contributed by atoms with Crippen LogP contribution in [0.5, 0.6) is 0 Å². The summed E-state index contributed by atoms with van der Waals surface area (Å²) in [6, 6.07) is -1.01. The molecule has 7 heteroatoms. The fourth-order valence-corrected chi connectivity index (χ4v) is 5.44. The summed E-state index contributed by atoms with van der Waals surface area (Å²) < 4.78 is 11.3. The molecule has 0 radical (unpaired) electrons. The Balaban J connectivity index is 4.18. The van der Waals surface area contributed by atoms with Crippen LogP contribution >= 0.6 is 0 Å². The number of hydrogen-bond donors (Lipinski definition) is 1. The number of hydrogen-bond acceptors (Lipinski definition) is 5. The summed E-state index contributed by atoms with van der Waals surface area (Å²) in [5.41, 5.74) is 0. The highest BCUT2D eigenvalue weighted by Crippen LogP contribution is 2.13. The van der Waals surface area contributed by atoms with Gasteiger partial charge in [0.25, 0.3) is 5.91 Å². The van der Waals surface area contributed by atoms with Crippen LogP contribution in [0.2, 0.25) is 0 Å². The number of carbonyl (C=O) groups excluding carboxylic acids is 3. The maximum absolute atomic E-state index is 12.8. The largest absolute Gasteiger partial charge is 0.466 e. The lowest BCUT2D eigenvalue weighted by Crippen LogP contribution is -2.50. The Hall–Kier alpha value is -1.63. The molecule has 0 aliphatic rings. The maximum atomic E-state index is 12.8. The van der Waals surface area contributed by atoms with Crippen molar-refractivity contribution in [2.24, 2.45) is 0 Å². The van der Waals surface area contributed by atoms with Crippen molar-refractivity contribution in [3.8, 4) is 0 Å². The minimum atomic E-state index is -1.01. The van der Waals surface area contributed by atoms with Crippen molar-refractivity contribution in [2.45, 2.75) is 180 Å². The summed E-state index contributed by atoms with van der Waals surface area (Å²) in [5.74, 6) is -1.30. The third-order valence-electron chi connectivity index (χ3n) is 8.11. The molecule has 0 aliphatic carbocycles. The van der Waals surface area contributed by atoms with Gasteiger partial charge in [-0.15, -0.1) is 0 Å². The SMILES string of the molecule is CCCCCCCCCCCCCCOC(=O)CC(NC(=O)C[N+](C)(C)C)C(=O)OCCCCCCCCCCCCCC. The predicted molar refractivity (Wildman–Crippen MR) is 184 cm³/mol. The number of nitrogens with one attached hydrogen (secondary N) is 1. The summed E-state index contributed by atoms with van der Waals surface area (Å²) >= 11 is 0. The first kappa shape index (κ1) is 42.4. The first-order chi connectivity index (χ1) is 21.2. The number of rotatable bonds is 32. The molecular weight excluding hydrogens is 552 g/mol. The van der Waals surface area contributed by atoms with Crippen molar-refractivity contribution < 1.29 is 28.3 Å². The molecule has 7 nitrogen and oxygen atoms in total. The summed E-state index contributed by atoms with van der Waals surface area (Å²) in [6.45, 7) is 5.37. The van der Waals surface area contributed by atoms with E-state index in [2.05, 4.69) is 19.2 Å². The molecule has 0 bridgehead atoms. The molecule has 0 aromatic heterocycles. The number of unbranched alkanes of at least 4 members (excludes halogenated alkanes) is 22.